The molecule has 180 valence electrons. The number of hydrogen-bond acceptors (Lipinski definition) is 7. The molecule has 5 atom stereocenters. The van der Waals surface area contributed by atoms with Crippen LogP contribution in [0.2, 0.25) is 0 Å². The average Bonchev–Trinajstić information content (AvgIpc) is 3.08. The maximum atomic E-state index is 15.4. The molecule has 4 aromatic rings. The van der Waals surface area contributed by atoms with Crippen LogP contribution in [0.5, 0.6) is 0 Å². The molecule has 4 N–H and O–H groups in total. The minimum atomic E-state index is -0.680. The first-order valence-corrected chi connectivity index (χ1v) is 12.0. The molecular weight excluding hydrogens is 447 g/mol. The lowest BCUT2D eigenvalue weighted by Crippen LogP contribution is -2.32. The van der Waals surface area contributed by atoms with E-state index in [2.05, 4.69) is 19.5 Å². The van der Waals surface area contributed by atoms with Crippen LogP contribution in [0, 0.1) is 17.2 Å². The Kier molecular flexibility index (Phi) is 4.14. The molecule has 7 rings (SSSR count). The molecule has 35 heavy (non-hydrogen) atoms. The topological polar surface area (TPSA) is 114 Å². The molecular formula is C26H27FN6O2. The summed E-state index contributed by atoms with van der Waals surface area (Å²) in [4.78, 5) is 12.9. The molecule has 3 aliphatic rings. The molecule has 0 amide bonds. The van der Waals surface area contributed by atoms with Crippen molar-refractivity contribution in [1.82, 2.24) is 19.5 Å². The van der Waals surface area contributed by atoms with Gasteiger partial charge in [0, 0.05) is 17.0 Å². The van der Waals surface area contributed by atoms with Crippen molar-refractivity contribution in [3.63, 3.8) is 0 Å². The molecule has 8 nitrogen and oxygen atoms in total. The summed E-state index contributed by atoms with van der Waals surface area (Å²) < 4.78 is 30.5. The summed E-state index contributed by atoms with van der Waals surface area (Å²) in [5.74, 6) is 0.161. The van der Waals surface area contributed by atoms with Crippen LogP contribution in [-0.4, -0.2) is 37.5 Å². The monoisotopic (exact) mass is 474 g/mol. The van der Waals surface area contributed by atoms with Crippen LogP contribution in [-0.2, 0) is 15.9 Å². The van der Waals surface area contributed by atoms with Crippen molar-refractivity contribution < 1.29 is 13.9 Å². The van der Waals surface area contributed by atoms with E-state index in [9.17, 15) is 0 Å². The van der Waals surface area contributed by atoms with E-state index in [1.54, 1.807) is 12.1 Å². The number of hydrogen-bond donors (Lipinski definition) is 2. The Morgan fingerprint density at radius 3 is 2.80 bits per heavy atom. The molecule has 0 unspecified atom stereocenters. The number of benzene rings is 1. The van der Waals surface area contributed by atoms with Gasteiger partial charge in [-0.3, -0.25) is 0 Å². The van der Waals surface area contributed by atoms with E-state index in [1.807, 2.05) is 38.2 Å². The maximum absolute atomic E-state index is 15.4. The molecule has 3 aromatic heterocycles. The summed E-state index contributed by atoms with van der Waals surface area (Å²) in [6.07, 6.45) is 5.74. The second-order valence-electron chi connectivity index (χ2n) is 10.6. The van der Waals surface area contributed by atoms with E-state index < -0.39 is 5.79 Å². The van der Waals surface area contributed by atoms with Gasteiger partial charge in [-0.05, 0) is 62.8 Å². The highest BCUT2D eigenvalue weighted by Gasteiger charge is 2.75. The van der Waals surface area contributed by atoms with E-state index in [-0.39, 0.29) is 29.5 Å². The van der Waals surface area contributed by atoms with Crippen LogP contribution in [0.15, 0.2) is 42.9 Å². The number of nitrogens with two attached hydrogens (primary N) is 2. The predicted molar refractivity (Wildman–Crippen MR) is 130 cm³/mol. The Bertz CT molecular complexity index is 1500. The van der Waals surface area contributed by atoms with Crippen molar-refractivity contribution in [1.29, 1.82) is 0 Å². The summed E-state index contributed by atoms with van der Waals surface area (Å²) in [7, 11) is 0. The molecule has 3 fully saturated rings. The third-order valence-corrected chi connectivity index (χ3v) is 8.25. The van der Waals surface area contributed by atoms with Crippen LogP contribution >= 0.6 is 0 Å². The van der Waals surface area contributed by atoms with E-state index in [4.69, 9.17) is 20.9 Å². The fourth-order valence-corrected chi connectivity index (χ4v) is 6.64. The SMILES string of the molecule is CC1(C)O[C@H]2[C@H](n3ccc4c(N)ncnc43)[C@H]3C[C@]3(CCc3ccc4ccc(N)nc4c3F)[C@H]2O1. The third-order valence-electron chi connectivity index (χ3n) is 8.25. The predicted octanol–water partition coefficient (Wildman–Crippen LogP) is 4.00. The highest BCUT2D eigenvalue weighted by Crippen LogP contribution is 2.73. The number of fused-ring (bicyclic) bond motifs is 5. The van der Waals surface area contributed by atoms with Crippen LogP contribution < -0.4 is 11.5 Å². The van der Waals surface area contributed by atoms with Gasteiger partial charge in [0.25, 0.3) is 0 Å². The Labute approximate surface area is 201 Å². The smallest absolute Gasteiger partial charge is 0.163 e. The van der Waals surface area contributed by atoms with E-state index in [0.29, 0.717) is 35.1 Å². The Morgan fingerprint density at radius 2 is 1.94 bits per heavy atom. The fraction of sp³-hybridized carbons (Fsp3) is 0.423. The molecule has 0 spiro atoms. The largest absolute Gasteiger partial charge is 0.384 e. The number of halogens is 1. The molecule has 2 aliphatic carbocycles. The quantitative estimate of drug-likeness (QED) is 0.460. The van der Waals surface area contributed by atoms with E-state index in [1.165, 1.54) is 6.33 Å². The van der Waals surface area contributed by atoms with Gasteiger partial charge in [-0.15, -0.1) is 0 Å². The number of aromatic nitrogens is 4. The lowest BCUT2D eigenvalue weighted by atomic mass is 9.91. The van der Waals surface area contributed by atoms with E-state index in [0.717, 1.165) is 29.3 Å². The van der Waals surface area contributed by atoms with Crippen LogP contribution in [0.4, 0.5) is 16.0 Å². The third kappa shape index (κ3) is 2.94. The molecule has 1 aromatic carbocycles. The standard InChI is InChI=1S/C26H27FN6O2/c1-25(2)34-21-20(33-10-8-15-23(29)30-12-31-24(15)33)16-11-26(16,22(21)35-25)9-7-13-3-4-14-5-6-17(28)32-19(14)18(13)27/h3-6,8,10,12,16,20-22H,7,9,11H2,1-2H3,(H2,28,32)(H2,29,30,31)/t16-,20-,21+,22+,26+/m1/s1. The minimum Gasteiger partial charge on any atom is -0.384 e. The Balaban J connectivity index is 1.23. The normalized spacial score (nSPS) is 30.6. The van der Waals surface area contributed by atoms with E-state index >= 15 is 4.39 Å². The summed E-state index contributed by atoms with van der Waals surface area (Å²) in [6.45, 7) is 3.92. The van der Waals surface area contributed by atoms with Gasteiger partial charge in [0.15, 0.2) is 11.6 Å². The number of ether oxygens (including phenoxy) is 2. The average molecular weight is 475 g/mol. The highest BCUT2D eigenvalue weighted by atomic mass is 19.1. The maximum Gasteiger partial charge on any atom is 0.163 e. The molecule has 9 heteroatoms. The minimum absolute atomic E-state index is 0.0662. The van der Waals surface area contributed by atoms with Gasteiger partial charge in [-0.1, -0.05) is 12.1 Å². The van der Waals surface area contributed by atoms with Crippen LogP contribution in [0.1, 0.15) is 38.3 Å². The van der Waals surface area contributed by atoms with Gasteiger partial charge in [0.1, 0.15) is 35.2 Å². The van der Waals surface area contributed by atoms with Crippen LogP contribution in [0.25, 0.3) is 21.9 Å². The lowest BCUT2D eigenvalue weighted by molar-refractivity contribution is -0.161. The molecule has 0 bridgehead atoms. The summed E-state index contributed by atoms with van der Waals surface area (Å²) >= 11 is 0. The van der Waals surface area contributed by atoms with Gasteiger partial charge in [-0.25, -0.2) is 19.3 Å². The number of aryl methyl sites for hydroxylation is 1. The van der Waals surface area contributed by atoms with Gasteiger partial charge in [0.2, 0.25) is 0 Å². The summed E-state index contributed by atoms with van der Waals surface area (Å²) in [5.41, 5.74) is 13.6. The van der Waals surface area contributed by atoms with Crippen LogP contribution in [0.3, 0.4) is 0 Å². The Hall–Kier alpha value is -3.30. The van der Waals surface area contributed by atoms with Crippen molar-refractivity contribution in [3.05, 3.63) is 54.2 Å². The highest BCUT2D eigenvalue weighted by molar-refractivity contribution is 5.86. The zero-order chi connectivity index (χ0) is 24.1. The van der Waals surface area contributed by atoms with Crippen molar-refractivity contribution in [2.75, 3.05) is 11.5 Å². The first-order chi connectivity index (χ1) is 16.8. The molecule has 1 saturated heterocycles. The van der Waals surface area contributed by atoms with Gasteiger partial charge in [-0.2, -0.15) is 0 Å². The van der Waals surface area contributed by atoms with Crippen molar-refractivity contribution in [3.8, 4) is 0 Å². The van der Waals surface area contributed by atoms with Crippen molar-refractivity contribution >= 4 is 33.6 Å². The second-order valence-corrected chi connectivity index (χ2v) is 10.6. The number of rotatable bonds is 4. The second kappa shape index (κ2) is 6.89. The Morgan fingerprint density at radius 1 is 1.11 bits per heavy atom. The lowest BCUT2D eigenvalue weighted by Gasteiger charge is -2.24. The zero-order valence-electron chi connectivity index (χ0n) is 19.6. The van der Waals surface area contributed by atoms with Gasteiger partial charge < -0.3 is 25.5 Å². The van der Waals surface area contributed by atoms with Gasteiger partial charge >= 0.3 is 0 Å². The number of nitrogens with zero attached hydrogens (tertiary/aromatic N) is 4. The molecule has 0 radical (unpaired) electrons. The number of nitrogen functional groups attached to an aromatic ring is 2. The fourth-order valence-electron chi connectivity index (χ4n) is 6.64. The van der Waals surface area contributed by atoms with Crippen molar-refractivity contribution in [2.24, 2.45) is 11.3 Å². The molecule has 4 heterocycles. The first kappa shape index (κ1) is 21.0. The van der Waals surface area contributed by atoms with Gasteiger partial charge in [0.05, 0.1) is 17.5 Å². The molecule has 1 aliphatic heterocycles. The molecule has 2 saturated carbocycles. The first-order valence-electron chi connectivity index (χ1n) is 12.0. The number of anilines is 2. The number of pyridine rings is 1. The van der Waals surface area contributed by atoms with Crippen molar-refractivity contribution in [2.45, 2.75) is 57.1 Å². The summed E-state index contributed by atoms with van der Waals surface area (Å²) in [6, 6.07) is 9.30. The zero-order valence-corrected chi connectivity index (χ0v) is 19.6. The summed E-state index contributed by atoms with van der Waals surface area (Å²) in [5, 5.41) is 1.59.